The molecule has 0 heteroatoms. The monoisotopic (exact) mass is 122 g/mol. The van der Waals surface area contributed by atoms with E-state index in [1.54, 1.807) is 0 Å². The lowest BCUT2D eigenvalue weighted by atomic mass is 10.2. The molecule has 0 bridgehead atoms. The summed E-state index contributed by atoms with van der Waals surface area (Å²) >= 11 is 0. The summed E-state index contributed by atoms with van der Waals surface area (Å²) in [7, 11) is 0. The zero-order valence-corrected chi connectivity index (χ0v) is 6.28. The fraction of sp³-hybridized carbons (Fsp3) is 0.778. The average Bonchev–Trinajstić information content (AvgIpc) is 2.48. The van der Waals surface area contributed by atoms with Crippen molar-refractivity contribution in [2.75, 3.05) is 0 Å². The van der Waals surface area contributed by atoms with E-state index in [1.807, 2.05) is 0 Å². The number of hydrogen-bond donors (Lipinski definition) is 0. The highest BCUT2D eigenvalue weighted by Gasteiger charge is 2.30. The highest BCUT2D eigenvalue weighted by Crippen LogP contribution is 2.39. The first-order valence-electron chi connectivity index (χ1n) is 3.80. The Hall–Kier alpha value is -0.440. The molecule has 1 rings (SSSR count). The molecule has 9 heavy (non-hydrogen) atoms. The Kier molecular flexibility index (Phi) is 2.16. The van der Waals surface area contributed by atoms with Gasteiger partial charge >= 0.3 is 0 Å². The molecule has 2 atom stereocenters. The zero-order chi connectivity index (χ0) is 6.69. The summed E-state index contributed by atoms with van der Waals surface area (Å²) in [5.41, 5.74) is 0. The van der Waals surface area contributed by atoms with Crippen molar-refractivity contribution in [3.05, 3.63) is 0 Å². The Morgan fingerprint density at radius 3 is 2.56 bits per heavy atom. The molecule has 50 valence electrons. The van der Waals surface area contributed by atoms with Crippen LogP contribution < -0.4 is 0 Å². The molecule has 0 spiro atoms. The van der Waals surface area contributed by atoms with Gasteiger partial charge in [-0.2, -0.15) is 0 Å². The lowest BCUT2D eigenvalue weighted by Crippen LogP contribution is -1.73. The largest absolute Gasteiger partial charge is 0.104 e. The van der Waals surface area contributed by atoms with Crippen molar-refractivity contribution in [1.82, 2.24) is 0 Å². The van der Waals surface area contributed by atoms with Crippen molar-refractivity contribution in [2.45, 2.75) is 33.1 Å². The smallest absolute Gasteiger partial charge is 0.0120 e. The van der Waals surface area contributed by atoms with Crippen LogP contribution in [-0.4, -0.2) is 0 Å². The van der Waals surface area contributed by atoms with E-state index in [1.165, 1.54) is 6.42 Å². The predicted molar refractivity (Wildman–Crippen MR) is 40.0 cm³/mol. The van der Waals surface area contributed by atoms with Crippen molar-refractivity contribution in [1.29, 1.82) is 0 Å². The van der Waals surface area contributed by atoms with E-state index in [-0.39, 0.29) is 0 Å². The summed E-state index contributed by atoms with van der Waals surface area (Å²) in [6.45, 7) is 4.40. The highest BCUT2D eigenvalue weighted by molar-refractivity contribution is 5.02. The van der Waals surface area contributed by atoms with Crippen LogP contribution in [0.25, 0.3) is 0 Å². The van der Waals surface area contributed by atoms with E-state index < -0.39 is 0 Å². The van der Waals surface area contributed by atoms with Gasteiger partial charge in [-0.25, -0.2) is 0 Å². The molecule has 0 aromatic carbocycles. The van der Waals surface area contributed by atoms with Crippen molar-refractivity contribution in [2.24, 2.45) is 11.8 Å². The van der Waals surface area contributed by atoms with Gasteiger partial charge in [-0.15, -0.1) is 11.8 Å². The molecule has 0 radical (unpaired) electrons. The maximum absolute atomic E-state index is 3.18. The van der Waals surface area contributed by atoms with Gasteiger partial charge < -0.3 is 0 Å². The van der Waals surface area contributed by atoms with E-state index in [2.05, 4.69) is 25.7 Å². The van der Waals surface area contributed by atoms with Crippen molar-refractivity contribution >= 4 is 0 Å². The van der Waals surface area contributed by atoms with Crippen LogP contribution in [0.4, 0.5) is 0 Å². The van der Waals surface area contributed by atoms with Crippen molar-refractivity contribution in [3.63, 3.8) is 0 Å². The van der Waals surface area contributed by atoms with Crippen LogP contribution in [0, 0.1) is 23.7 Å². The Morgan fingerprint density at radius 2 is 2.11 bits per heavy atom. The third-order valence-corrected chi connectivity index (χ3v) is 1.94. The maximum Gasteiger partial charge on any atom is 0.0120 e. The average molecular weight is 122 g/mol. The fourth-order valence-electron chi connectivity index (χ4n) is 1.01. The van der Waals surface area contributed by atoms with Gasteiger partial charge in [0.15, 0.2) is 0 Å². The second kappa shape index (κ2) is 2.92. The summed E-state index contributed by atoms with van der Waals surface area (Å²) in [6.07, 6.45) is 3.58. The highest BCUT2D eigenvalue weighted by atomic mass is 14.4. The minimum atomic E-state index is 0.948. The Bertz CT molecular complexity index is 136. The molecule has 0 N–H and O–H groups in total. The normalized spacial score (nSPS) is 30.9. The summed E-state index contributed by atoms with van der Waals surface area (Å²) < 4.78 is 0. The molecule has 1 aliphatic rings. The van der Waals surface area contributed by atoms with Crippen molar-refractivity contribution in [3.8, 4) is 11.8 Å². The topological polar surface area (TPSA) is 0 Å². The minimum Gasteiger partial charge on any atom is -0.104 e. The Balaban J connectivity index is 2.06. The van der Waals surface area contributed by atoms with Crippen LogP contribution in [0.1, 0.15) is 33.1 Å². The number of hydrogen-bond acceptors (Lipinski definition) is 0. The number of rotatable bonds is 1. The molecule has 0 aliphatic heterocycles. The van der Waals surface area contributed by atoms with Crippen LogP contribution in [0.5, 0.6) is 0 Å². The minimum absolute atomic E-state index is 0.948. The maximum atomic E-state index is 3.18. The summed E-state index contributed by atoms with van der Waals surface area (Å²) in [4.78, 5) is 0. The van der Waals surface area contributed by atoms with E-state index in [4.69, 9.17) is 0 Å². The molecule has 0 heterocycles. The molecule has 1 fully saturated rings. The molecule has 0 nitrogen and oxygen atoms in total. The molecular weight excluding hydrogens is 108 g/mol. The molecule has 1 saturated carbocycles. The van der Waals surface area contributed by atoms with E-state index in [0.717, 1.165) is 24.7 Å². The third kappa shape index (κ3) is 2.10. The second-order valence-electron chi connectivity index (χ2n) is 2.88. The summed E-state index contributed by atoms with van der Waals surface area (Å²) in [5.74, 6) is 8.18. The van der Waals surface area contributed by atoms with E-state index in [9.17, 15) is 0 Å². The van der Waals surface area contributed by atoms with Gasteiger partial charge in [0.2, 0.25) is 0 Å². The molecule has 1 aliphatic carbocycles. The SMILES string of the molecule is CCC#CCC1CC1C. The molecular formula is C9H14. The van der Waals surface area contributed by atoms with Gasteiger partial charge in [-0.05, 0) is 18.3 Å². The molecule has 0 amide bonds. The molecule has 0 aromatic rings. The van der Waals surface area contributed by atoms with Crippen LogP contribution in [0.2, 0.25) is 0 Å². The van der Waals surface area contributed by atoms with Gasteiger partial charge in [-0.1, -0.05) is 13.8 Å². The van der Waals surface area contributed by atoms with E-state index in [0.29, 0.717) is 0 Å². The molecule has 2 unspecified atom stereocenters. The van der Waals surface area contributed by atoms with Crippen LogP contribution in [-0.2, 0) is 0 Å². The van der Waals surface area contributed by atoms with E-state index >= 15 is 0 Å². The quantitative estimate of drug-likeness (QED) is 0.469. The van der Waals surface area contributed by atoms with Crippen LogP contribution in [0.3, 0.4) is 0 Å². The standard InChI is InChI=1S/C9H14/c1-3-4-5-6-9-7-8(9)2/h8-9H,3,6-7H2,1-2H3. The first-order chi connectivity index (χ1) is 4.34. The molecule has 0 aromatic heterocycles. The second-order valence-corrected chi connectivity index (χ2v) is 2.88. The van der Waals surface area contributed by atoms with Crippen LogP contribution in [0.15, 0.2) is 0 Å². The van der Waals surface area contributed by atoms with Gasteiger partial charge in [0.05, 0.1) is 0 Å². The molecule has 0 saturated heterocycles. The predicted octanol–water partition coefficient (Wildman–Crippen LogP) is 2.45. The zero-order valence-electron chi connectivity index (χ0n) is 6.28. The lowest BCUT2D eigenvalue weighted by molar-refractivity contribution is 0.778. The van der Waals surface area contributed by atoms with Crippen LogP contribution >= 0.6 is 0 Å². The summed E-state index contributed by atoms with van der Waals surface area (Å²) in [5, 5.41) is 0. The van der Waals surface area contributed by atoms with Gasteiger partial charge in [0, 0.05) is 12.8 Å². The lowest BCUT2D eigenvalue weighted by Gasteiger charge is -1.81. The Morgan fingerprint density at radius 1 is 1.44 bits per heavy atom. The van der Waals surface area contributed by atoms with Gasteiger partial charge in [0.1, 0.15) is 0 Å². The van der Waals surface area contributed by atoms with Gasteiger partial charge in [-0.3, -0.25) is 0 Å². The van der Waals surface area contributed by atoms with Gasteiger partial charge in [0.25, 0.3) is 0 Å². The third-order valence-electron chi connectivity index (χ3n) is 1.94. The fourth-order valence-corrected chi connectivity index (χ4v) is 1.01. The first-order valence-corrected chi connectivity index (χ1v) is 3.80. The Labute approximate surface area is 57.7 Å². The summed E-state index contributed by atoms with van der Waals surface area (Å²) in [6, 6.07) is 0. The van der Waals surface area contributed by atoms with Crippen molar-refractivity contribution < 1.29 is 0 Å². The first kappa shape index (κ1) is 6.68.